The van der Waals surface area contributed by atoms with Gasteiger partial charge in [-0.1, -0.05) is 18.6 Å². The Hall–Kier alpha value is -2.67. The summed E-state index contributed by atoms with van der Waals surface area (Å²) in [5.74, 6) is -2.25. The topological polar surface area (TPSA) is 177 Å². The number of nitrogens with one attached hydrogen (secondary N) is 3. The summed E-state index contributed by atoms with van der Waals surface area (Å²) >= 11 is 0. The van der Waals surface area contributed by atoms with Gasteiger partial charge in [0.05, 0.1) is 0 Å². The second-order valence-corrected chi connectivity index (χ2v) is 10.2. The van der Waals surface area contributed by atoms with Crippen LogP contribution in [0.3, 0.4) is 0 Å². The van der Waals surface area contributed by atoms with Crippen LogP contribution in [0.4, 0.5) is 4.79 Å². The number of fused-ring (bicyclic) bond motifs is 2. The summed E-state index contributed by atoms with van der Waals surface area (Å²) in [6.45, 7) is 0.298. The van der Waals surface area contributed by atoms with Crippen LogP contribution in [0, 0.1) is 5.92 Å². The van der Waals surface area contributed by atoms with Gasteiger partial charge in [0, 0.05) is 19.5 Å². The first-order valence-electron chi connectivity index (χ1n) is 11.1. The first-order chi connectivity index (χ1) is 15.6. The number of nitrogens with zero attached hydrogens (tertiary/aromatic N) is 1. The van der Waals surface area contributed by atoms with Gasteiger partial charge in [0.2, 0.25) is 5.91 Å². The molecule has 12 nitrogen and oxygen atoms in total. The minimum atomic E-state index is -4.06. The minimum absolute atomic E-state index is 0.244. The van der Waals surface area contributed by atoms with Crippen molar-refractivity contribution in [1.29, 1.82) is 0 Å². The third-order valence-electron chi connectivity index (χ3n) is 6.34. The number of amides is 4. The van der Waals surface area contributed by atoms with Gasteiger partial charge in [-0.05, 0) is 44.9 Å². The van der Waals surface area contributed by atoms with E-state index in [0.717, 1.165) is 12.8 Å². The Morgan fingerprint density at radius 3 is 2.67 bits per heavy atom. The average Bonchev–Trinajstić information content (AvgIpc) is 3.21. The maximum Gasteiger partial charge on any atom is 0.405 e. The third-order valence-corrected chi connectivity index (χ3v) is 7.33. The van der Waals surface area contributed by atoms with Gasteiger partial charge in [0.15, 0.2) is 6.10 Å². The smallest absolute Gasteiger partial charge is 0.405 e. The second-order valence-electron chi connectivity index (χ2n) is 8.59. The lowest BCUT2D eigenvalue weighted by atomic mass is 10.1. The van der Waals surface area contributed by atoms with Crippen LogP contribution in [0.15, 0.2) is 12.2 Å². The molecule has 2 heterocycles. The number of allylic oxidation sites excluding steroid dienone is 1. The first-order valence-corrected chi connectivity index (χ1v) is 12.6. The predicted octanol–water partition coefficient (Wildman–Crippen LogP) is -0.583. The van der Waals surface area contributed by atoms with Crippen molar-refractivity contribution in [3.8, 4) is 0 Å². The summed E-state index contributed by atoms with van der Waals surface area (Å²) in [5, 5.41) is 2.71. The molecule has 1 aliphatic carbocycles. The van der Waals surface area contributed by atoms with Crippen LogP contribution in [-0.2, 0) is 29.3 Å². The Bertz CT molecular complexity index is 937. The van der Waals surface area contributed by atoms with E-state index in [1.807, 2.05) is 21.6 Å². The van der Waals surface area contributed by atoms with Gasteiger partial charge in [0.25, 0.3) is 11.8 Å². The van der Waals surface area contributed by atoms with E-state index in [-0.39, 0.29) is 12.3 Å². The molecule has 184 valence electrons. The number of rotatable bonds is 4. The van der Waals surface area contributed by atoms with E-state index in [1.165, 1.54) is 11.9 Å². The maximum atomic E-state index is 13.2. The van der Waals surface area contributed by atoms with Gasteiger partial charge >= 0.3 is 16.3 Å². The molecule has 3 aliphatic rings. The zero-order valence-electron chi connectivity index (χ0n) is 18.5. The molecule has 0 aromatic carbocycles. The number of hydrogen-bond acceptors (Lipinski definition) is 7. The SMILES string of the molecule is CNS(=O)(=O)NC(=O)C12CC1C=CCCCCCC(OC(N)=O)C(=O)N1CCCC1C(=O)N2. The average molecular weight is 486 g/mol. The summed E-state index contributed by atoms with van der Waals surface area (Å²) in [6, 6.07) is -0.864. The van der Waals surface area contributed by atoms with Crippen LogP contribution in [0.25, 0.3) is 0 Å². The van der Waals surface area contributed by atoms with E-state index in [1.54, 1.807) is 0 Å². The zero-order valence-corrected chi connectivity index (χ0v) is 19.4. The molecule has 2 aliphatic heterocycles. The predicted molar refractivity (Wildman–Crippen MR) is 117 cm³/mol. The Balaban J connectivity index is 1.86. The fraction of sp³-hybridized carbons (Fsp3) is 0.700. The van der Waals surface area contributed by atoms with Crippen molar-refractivity contribution in [3.63, 3.8) is 0 Å². The highest BCUT2D eigenvalue weighted by Gasteiger charge is 2.61. The van der Waals surface area contributed by atoms with Gasteiger partial charge in [-0.15, -0.1) is 0 Å². The van der Waals surface area contributed by atoms with Crippen molar-refractivity contribution in [2.45, 2.75) is 69.1 Å². The molecule has 0 aromatic heterocycles. The molecule has 13 heteroatoms. The van der Waals surface area contributed by atoms with Crippen LogP contribution in [0.1, 0.15) is 51.4 Å². The normalized spacial score (nSPS) is 30.8. The monoisotopic (exact) mass is 485 g/mol. The van der Waals surface area contributed by atoms with Gasteiger partial charge in [0.1, 0.15) is 11.6 Å². The van der Waals surface area contributed by atoms with Crippen LogP contribution in [0.2, 0.25) is 0 Å². The van der Waals surface area contributed by atoms with Crippen molar-refractivity contribution < 1.29 is 32.3 Å². The number of hydrogen-bond donors (Lipinski definition) is 4. The van der Waals surface area contributed by atoms with Gasteiger partial charge in [-0.2, -0.15) is 8.42 Å². The molecule has 4 unspecified atom stereocenters. The molecule has 4 amide bonds. The number of primary amides is 1. The summed E-state index contributed by atoms with van der Waals surface area (Å²) in [4.78, 5) is 51.9. The van der Waals surface area contributed by atoms with E-state index in [9.17, 15) is 27.6 Å². The third kappa shape index (κ3) is 5.82. The number of ether oxygens (including phenoxy) is 1. The highest BCUT2D eigenvalue weighted by Crippen LogP contribution is 2.45. The molecule has 0 bridgehead atoms. The molecule has 2 fully saturated rings. The van der Waals surface area contributed by atoms with Crippen LogP contribution < -0.4 is 20.5 Å². The fourth-order valence-electron chi connectivity index (χ4n) is 4.44. The quantitative estimate of drug-likeness (QED) is 0.385. The molecule has 0 spiro atoms. The fourth-order valence-corrected chi connectivity index (χ4v) is 4.97. The van der Waals surface area contributed by atoms with Crippen molar-refractivity contribution in [2.24, 2.45) is 11.7 Å². The summed E-state index contributed by atoms with van der Waals surface area (Å²) < 4.78 is 32.7. The Morgan fingerprint density at radius 2 is 1.97 bits per heavy atom. The van der Waals surface area contributed by atoms with Gasteiger partial charge in [-0.25, -0.2) is 14.2 Å². The number of nitrogens with two attached hydrogens (primary N) is 1. The molecular formula is C20H31N5O7S. The van der Waals surface area contributed by atoms with E-state index < -0.39 is 51.7 Å². The lowest BCUT2D eigenvalue weighted by Gasteiger charge is -2.29. The lowest BCUT2D eigenvalue weighted by molar-refractivity contribution is -0.146. The Labute approximate surface area is 192 Å². The van der Waals surface area contributed by atoms with Crippen molar-refractivity contribution >= 4 is 34.0 Å². The van der Waals surface area contributed by atoms with Crippen LogP contribution in [-0.4, -0.2) is 68.4 Å². The zero-order chi connectivity index (χ0) is 24.2. The maximum absolute atomic E-state index is 13.2. The van der Waals surface area contributed by atoms with E-state index >= 15 is 0 Å². The largest absolute Gasteiger partial charge is 0.436 e. The molecular weight excluding hydrogens is 454 g/mol. The van der Waals surface area contributed by atoms with Crippen molar-refractivity contribution in [2.75, 3.05) is 13.6 Å². The highest BCUT2D eigenvalue weighted by atomic mass is 32.2. The summed E-state index contributed by atoms with van der Waals surface area (Å²) in [6.07, 6.45) is 6.00. The van der Waals surface area contributed by atoms with Gasteiger partial charge in [-0.3, -0.25) is 14.4 Å². The molecule has 33 heavy (non-hydrogen) atoms. The van der Waals surface area contributed by atoms with Crippen molar-refractivity contribution in [3.05, 3.63) is 12.2 Å². The molecule has 1 saturated carbocycles. The molecule has 0 radical (unpaired) electrons. The number of carbonyl (C=O) groups excluding carboxylic acids is 4. The van der Waals surface area contributed by atoms with E-state index in [4.69, 9.17) is 10.5 Å². The lowest BCUT2D eigenvalue weighted by Crippen LogP contribution is -2.58. The van der Waals surface area contributed by atoms with E-state index in [2.05, 4.69) is 5.32 Å². The van der Waals surface area contributed by atoms with Crippen molar-refractivity contribution in [1.82, 2.24) is 19.7 Å². The van der Waals surface area contributed by atoms with E-state index in [0.29, 0.717) is 38.6 Å². The number of carbonyl (C=O) groups is 4. The minimum Gasteiger partial charge on any atom is -0.436 e. The Kier molecular flexibility index (Phi) is 7.62. The molecule has 4 atom stereocenters. The second kappa shape index (κ2) is 10.1. The van der Waals surface area contributed by atoms with Crippen LogP contribution >= 0.6 is 0 Å². The molecule has 3 rings (SSSR count). The molecule has 0 aromatic rings. The summed E-state index contributed by atoms with van der Waals surface area (Å²) in [7, 11) is -2.89. The molecule has 5 N–H and O–H groups in total. The van der Waals surface area contributed by atoms with Crippen LogP contribution in [0.5, 0.6) is 0 Å². The standard InChI is InChI=1S/C20H31N5O7S/c1-22-33(30,31)24-18(28)20-12-13(20)8-5-3-2-4-6-10-15(32-19(21)29)17(27)25-11-7-9-14(25)16(26)23-20/h5,8,13-15,22H,2-4,6-7,9-12H2,1H3,(H2,21,29)(H,23,26)(H,24,28). The highest BCUT2D eigenvalue weighted by molar-refractivity contribution is 7.88. The Morgan fingerprint density at radius 1 is 1.21 bits per heavy atom. The molecule has 1 saturated heterocycles. The van der Waals surface area contributed by atoms with Gasteiger partial charge < -0.3 is 20.7 Å². The summed E-state index contributed by atoms with van der Waals surface area (Å²) in [5.41, 5.74) is 3.73. The first kappa shape index (κ1) is 25.0.